The lowest BCUT2D eigenvalue weighted by atomic mass is 10.1. The van der Waals surface area contributed by atoms with E-state index in [-0.39, 0.29) is 18.4 Å². The Hall–Kier alpha value is -2.82. The highest BCUT2D eigenvalue weighted by Gasteiger charge is 2.26. The van der Waals surface area contributed by atoms with Crippen molar-refractivity contribution < 1.29 is 14.3 Å². The first kappa shape index (κ1) is 21.5. The number of benzene rings is 2. The fourth-order valence-corrected chi connectivity index (χ4v) is 2.79. The van der Waals surface area contributed by atoms with Crippen LogP contribution in [0.2, 0.25) is 0 Å². The minimum Gasteiger partial charge on any atom is -0.484 e. The van der Waals surface area contributed by atoms with Gasteiger partial charge in [-0.1, -0.05) is 43.3 Å². The minimum atomic E-state index is -0.581. The summed E-state index contributed by atoms with van der Waals surface area (Å²) >= 11 is 0. The number of hydrogen-bond acceptors (Lipinski definition) is 3. The molecular weight excluding hydrogens is 352 g/mol. The van der Waals surface area contributed by atoms with E-state index in [1.54, 1.807) is 11.8 Å². The summed E-state index contributed by atoms with van der Waals surface area (Å²) in [5.74, 6) is 0.276. The molecule has 5 heteroatoms. The van der Waals surface area contributed by atoms with Crippen LogP contribution in [0.15, 0.2) is 48.5 Å². The maximum atomic E-state index is 12.9. The Morgan fingerprint density at radius 1 is 1.07 bits per heavy atom. The zero-order chi connectivity index (χ0) is 20.5. The van der Waals surface area contributed by atoms with E-state index in [0.717, 1.165) is 17.5 Å². The Morgan fingerprint density at radius 2 is 1.79 bits per heavy atom. The smallest absolute Gasteiger partial charge is 0.261 e. The Labute approximate surface area is 167 Å². The molecule has 0 saturated heterocycles. The molecule has 0 aliphatic heterocycles. The molecule has 0 unspecified atom stereocenters. The van der Waals surface area contributed by atoms with Gasteiger partial charge in [-0.05, 0) is 56.0 Å². The van der Waals surface area contributed by atoms with E-state index >= 15 is 0 Å². The summed E-state index contributed by atoms with van der Waals surface area (Å²) in [6.07, 6.45) is 0.848. The Bertz CT molecular complexity index is 790. The molecule has 150 valence electrons. The van der Waals surface area contributed by atoms with E-state index in [2.05, 4.69) is 5.32 Å². The third-order valence-electron chi connectivity index (χ3n) is 4.75. The molecule has 0 fully saturated rings. The normalized spacial score (nSPS) is 11.6. The Kier molecular flexibility index (Phi) is 8.05. The van der Waals surface area contributed by atoms with Crippen molar-refractivity contribution in [1.82, 2.24) is 10.2 Å². The van der Waals surface area contributed by atoms with Crippen molar-refractivity contribution in [3.05, 3.63) is 65.2 Å². The van der Waals surface area contributed by atoms with Gasteiger partial charge in [-0.2, -0.15) is 0 Å². The number of ether oxygens (including phenoxy) is 1. The van der Waals surface area contributed by atoms with E-state index < -0.39 is 6.04 Å². The van der Waals surface area contributed by atoms with Crippen molar-refractivity contribution in [3.63, 3.8) is 0 Å². The van der Waals surface area contributed by atoms with Crippen LogP contribution in [-0.4, -0.2) is 35.9 Å². The molecule has 2 amide bonds. The quantitative estimate of drug-likeness (QED) is 0.721. The summed E-state index contributed by atoms with van der Waals surface area (Å²) in [4.78, 5) is 26.9. The second-order valence-corrected chi connectivity index (χ2v) is 7.01. The molecule has 28 heavy (non-hydrogen) atoms. The standard InChI is InChI=1S/C23H30N2O3/c1-5-13-24-23(27)19(4)25(15-20-9-7-6-8-10-20)22(26)16-28-21-12-11-17(2)18(3)14-21/h6-12,14,19H,5,13,15-16H2,1-4H3,(H,24,27)/t19-/m1/s1. The van der Waals surface area contributed by atoms with E-state index in [1.807, 2.05) is 69.3 Å². The SMILES string of the molecule is CCCNC(=O)[C@@H](C)N(Cc1ccccc1)C(=O)COc1ccc(C)c(C)c1. The highest BCUT2D eigenvalue weighted by Crippen LogP contribution is 2.17. The average molecular weight is 383 g/mol. The van der Waals surface area contributed by atoms with Crippen LogP contribution in [0, 0.1) is 13.8 Å². The lowest BCUT2D eigenvalue weighted by molar-refractivity contribution is -0.142. The van der Waals surface area contributed by atoms with Gasteiger partial charge in [0.05, 0.1) is 0 Å². The number of rotatable bonds is 9. The molecule has 1 atom stereocenters. The molecule has 0 aliphatic rings. The van der Waals surface area contributed by atoms with Crippen LogP contribution >= 0.6 is 0 Å². The van der Waals surface area contributed by atoms with Crippen molar-refractivity contribution in [1.29, 1.82) is 0 Å². The van der Waals surface area contributed by atoms with Crippen molar-refractivity contribution in [2.75, 3.05) is 13.2 Å². The molecule has 0 aromatic heterocycles. The second kappa shape index (κ2) is 10.5. The van der Waals surface area contributed by atoms with Gasteiger partial charge in [-0.15, -0.1) is 0 Å². The van der Waals surface area contributed by atoms with Gasteiger partial charge in [0.2, 0.25) is 5.91 Å². The molecule has 0 bridgehead atoms. The monoisotopic (exact) mass is 382 g/mol. The van der Waals surface area contributed by atoms with E-state index in [9.17, 15) is 9.59 Å². The number of aryl methyl sites for hydroxylation is 2. The number of hydrogen-bond donors (Lipinski definition) is 1. The minimum absolute atomic E-state index is 0.110. The predicted molar refractivity (Wildman–Crippen MR) is 111 cm³/mol. The lowest BCUT2D eigenvalue weighted by Crippen LogP contribution is -2.49. The third-order valence-corrected chi connectivity index (χ3v) is 4.75. The number of nitrogens with one attached hydrogen (secondary N) is 1. The molecule has 5 nitrogen and oxygen atoms in total. The molecule has 1 N–H and O–H groups in total. The van der Waals surface area contributed by atoms with Crippen molar-refractivity contribution in [2.24, 2.45) is 0 Å². The van der Waals surface area contributed by atoms with Crippen LogP contribution in [0.1, 0.15) is 37.0 Å². The van der Waals surface area contributed by atoms with Crippen molar-refractivity contribution >= 4 is 11.8 Å². The number of nitrogens with zero attached hydrogens (tertiary/aromatic N) is 1. The van der Waals surface area contributed by atoms with Crippen LogP contribution < -0.4 is 10.1 Å². The second-order valence-electron chi connectivity index (χ2n) is 7.01. The highest BCUT2D eigenvalue weighted by molar-refractivity contribution is 5.87. The maximum absolute atomic E-state index is 12.9. The summed E-state index contributed by atoms with van der Waals surface area (Å²) in [6.45, 7) is 8.62. The molecular formula is C23H30N2O3. The maximum Gasteiger partial charge on any atom is 0.261 e. The first-order valence-corrected chi connectivity index (χ1v) is 9.73. The first-order valence-electron chi connectivity index (χ1n) is 9.73. The van der Waals surface area contributed by atoms with Crippen LogP contribution in [0.5, 0.6) is 5.75 Å². The predicted octanol–water partition coefficient (Wildman–Crippen LogP) is 3.63. The van der Waals surface area contributed by atoms with E-state index in [0.29, 0.717) is 18.8 Å². The van der Waals surface area contributed by atoms with Gasteiger partial charge in [-0.25, -0.2) is 0 Å². The molecule has 0 heterocycles. The van der Waals surface area contributed by atoms with Gasteiger partial charge in [0.15, 0.2) is 6.61 Å². The third kappa shape index (κ3) is 6.12. The fraction of sp³-hybridized carbons (Fsp3) is 0.391. The topological polar surface area (TPSA) is 58.6 Å². The Morgan fingerprint density at radius 3 is 2.43 bits per heavy atom. The summed E-state index contributed by atoms with van der Waals surface area (Å²) in [5.41, 5.74) is 3.25. The van der Waals surface area contributed by atoms with Crippen LogP contribution in [0.25, 0.3) is 0 Å². The number of carbonyl (C=O) groups excluding carboxylic acids is 2. The summed E-state index contributed by atoms with van der Waals surface area (Å²) in [5, 5.41) is 2.87. The first-order chi connectivity index (χ1) is 13.4. The van der Waals surface area contributed by atoms with Crippen LogP contribution in [0.3, 0.4) is 0 Å². The van der Waals surface area contributed by atoms with Crippen molar-refractivity contribution in [3.8, 4) is 5.75 Å². The van der Waals surface area contributed by atoms with Gasteiger partial charge in [0.25, 0.3) is 5.91 Å². The molecule has 2 rings (SSSR count). The molecule has 0 spiro atoms. The summed E-state index contributed by atoms with van der Waals surface area (Å²) in [7, 11) is 0. The van der Waals surface area contributed by atoms with Gasteiger partial charge >= 0.3 is 0 Å². The van der Waals surface area contributed by atoms with Gasteiger partial charge in [0.1, 0.15) is 11.8 Å². The Balaban J connectivity index is 2.10. The summed E-state index contributed by atoms with van der Waals surface area (Å²) in [6, 6.07) is 14.8. The lowest BCUT2D eigenvalue weighted by Gasteiger charge is -2.28. The summed E-state index contributed by atoms with van der Waals surface area (Å²) < 4.78 is 5.71. The zero-order valence-corrected chi connectivity index (χ0v) is 17.2. The molecule has 0 aliphatic carbocycles. The number of carbonyl (C=O) groups is 2. The molecule has 2 aromatic rings. The number of amides is 2. The van der Waals surface area contributed by atoms with Gasteiger partial charge < -0.3 is 15.0 Å². The van der Waals surface area contributed by atoms with Gasteiger partial charge in [0, 0.05) is 13.1 Å². The van der Waals surface area contributed by atoms with E-state index in [1.165, 1.54) is 5.56 Å². The molecule has 0 saturated carbocycles. The molecule has 2 aromatic carbocycles. The zero-order valence-electron chi connectivity index (χ0n) is 17.2. The average Bonchev–Trinajstić information content (AvgIpc) is 2.71. The largest absolute Gasteiger partial charge is 0.484 e. The van der Waals surface area contributed by atoms with Gasteiger partial charge in [-0.3, -0.25) is 9.59 Å². The highest BCUT2D eigenvalue weighted by atomic mass is 16.5. The van der Waals surface area contributed by atoms with Crippen LogP contribution in [0.4, 0.5) is 0 Å². The fourth-order valence-electron chi connectivity index (χ4n) is 2.79. The van der Waals surface area contributed by atoms with E-state index in [4.69, 9.17) is 4.74 Å². The van der Waals surface area contributed by atoms with Crippen molar-refractivity contribution in [2.45, 2.75) is 46.7 Å². The van der Waals surface area contributed by atoms with Crippen LogP contribution in [-0.2, 0) is 16.1 Å². The molecule has 0 radical (unpaired) electrons.